The highest BCUT2D eigenvalue weighted by atomic mass is 19.1. The minimum atomic E-state index is -0.736. The Morgan fingerprint density at radius 2 is 1.97 bits per heavy atom. The van der Waals surface area contributed by atoms with Crippen LogP contribution < -0.4 is 10.6 Å². The first kappa shape index (κ1) is 22.0. The molecule has 0 spiro atoms. The molecule has 0 radical (unpaired) electrons. The number of carbonyl (C=O) groups excluding carboxylic acids is 3. The molecular formula is C23H23FN4O3. The minimum Gasteiger partial charge on any atom is -0.343 e. The zero-order valence-electron chi connectivity index (χ0n) is 17.6. The Kier molecular flexibility index (Phi) is 5.80. The van der Waals surface area contributed by atoms with Crippen LogP contribution in [0.5, 0.6) is 0 Å². The van der Waals surface area contributed by atoms with Crippen LogP contribution in [0.2, 0.25) is 0 Å². The van der Waals surface area contributed by atoms with Crippen LogP contribution in [-0.2, 0) is 11.8 Å². The van der Waals surface area contributed by atoms with Gasteiger partial charge in [-0.15, -0.1) is 6.58 Å². The third-order valence-electron chi connectivity index (χ3n) is 5.92. The number of nitriles is 1. The van der Waals surface area contributed by atoms with Crippen molar-refractivity contribution in [3.05, 3.63) is 64.7 Å². The van der Waals surface area contributed by atoms with Crippen LogP contribution in [0.4, 0.5) is 10.1 Å². The summed E-state index contributed by atoms with van der Waals surface area (Å²) in [6, 6.07) is 5.37. The molecule has 8 heteroatoms. The average Bonchev–Trinajstić information content (AvgIpc) is 2.93. The number of ketones is 1. The number of hydrogen-bond acceptors (Lipinski definition) is 4. The van der Waals surface area contributed by atoms with E-state index in [1.54, 1.807) is 33.0 Å². The maximum absolute atomic E-state index is 13.5. The highest BCUT2D eigenvalue weighted by Crippen LogP contribution is 2.33. The van der Waals surface area contributed by atoms with Crippen molar-refractivity contribution in [2.45, 2.75) is 38.6 Å². The number of anilines is 1. The second-order valence-electron chi connectivity index (χ2n) is 7.75. The minimum absolute atomic E-state index is 0.167. The number of Topliss-reactive ketones (excluding diaryl/α,β-unsaturated/α-hetero) is 1. The van der Waals surface area contributed by atoms with E-state index in [1.165, 1.54) is 16.7 Å². The number of hydrogen-bond donors (Lipinski definition) is 2. The Morgan fingerprint density at radius 1 is 1.29 bits per heavy atom. The molecule has 2 aromatic rings. The molecule has 1 heterocycles. The van der Waals surface area contributed by atoms with Gasteiger partial charge in [0.1, 0.15) is 17.6 Å². The van der Waals surface area contributed by atoms with Crippen molar-refractivity contribution in [1.29, 1.82) is 5.26 Å². The van der Waals surface area contributed by atoms with Crippen LogP contribution in [0.1, 0.15) is 56.9 Å². The van der Waals surface area contributed by atoms with Crippen molar-refractivity contribution < 1.29 is 18.8 Å². The molecular weight excluding hydrogens is 399 g/mol. The van der Waals surface area contributed by atoms with Crippen LogP contribution in [-0.4, -0.2) is 27.7 Å². The van der Waals surface area contributed by atoms with Crippen molar-refractivity contribution in [3.63, 3.8) is 0 Å². The second kappa shape index (κ2) is 8.19. The van der Waals surface area contributed by atoms with Gasteiger partial charge in [-0.3, -0.25) is 14.4 Å². The van der Waals surface area contributed by atoms with E-state index in [0.717, 1.165) is 25.3 Å². The van der Waals surface area contributed by atoms with Crippen molar-refractivity contribution >= 4 is 23.3 Å². The molecule has 0 atom stereocenters. The maximum atomic E-state index is 13.5. The summed E-state index contributed by atoms with van der Waals surface area (Å²) >= 11 is 0. The van der Waals surface area contributed by atoms with E-state index in [9.17, 15) is 18.8 Å². The maximum Gasteiger partial charge on any atom is 0.293 e. The number of benzene rings is 1. The number of aromatic nitrogens is 1. The number of amides is 2. The van der Waals surface area contributed by atoms with Gasteiger partial charge in [0.15, 0.2) is 0 Å². The molecule has 31 heavy (non-hydrogen) atoms. The van der Waals surface area contributed by atoms with Crippen molar-refractivity contribution in [2.24, 2.45) is 7.05 Å². The van der Waals surface area contributed by atoms with Gasteiger partial charge in [-0.1, -0.05) is 6.08 Å². The van der Waals surface area contributed by atoms with Crippen molar-refractivity contribution in [3.8, 4) is 6.07 Å². The standard InChI is InChI=1S/C23H23FN4O3/c1-5-23(9-6-10-23)27-22(31)20(29)18-13(2)19(28(4)14(18)3)21(30)26-16-7-8-17(24)15(11-16)12-25/h5,7-8,11H,1,6,9-10H2,2-4H3,(H,26,30)(H,27,31). The molecule has 1 aromatic carbocycles. The van der Waals surface area contributed by atoms with Crippen LogP contribution in [0.3, 0.4) is 0 Å². The Labute approximate surface area is 179 Å². The Balaban J connectivity index is 1.88. The van der Waals surface area contributed by atoms with Gasteiger partial charge < -0.3 is 15.2 Å². The summed E-state index contributed by atoms with van der Waals surface area (Å²) in [5.41, 5.74) is 0.688. The van der Waals surface area contributed by atoms with Crippen LogP contribution in [0, 0.1) is 31.0 Å². The van der Waals surface area contributed by atoms with E-state index in [2.05, 4.69) is 17.2 Å². The van der Waals surface area contributed by atoms with Gasteiger partial charge >= 0.3 is 0 Å². The summed E-state index contributed by atoms with van der Waals surface area (Å²) in [6.07, 6.45) is 4.07. The largest absolute Gasteiger partial charge is 0.343 e. The van der Waals surface area contributed by atoms with E-state index >= 15 is 0 Å². The smallest absolute Gasteiger partial charge is 0.293 e. The first-order valence-corrected chi connectivity index (χ1v) is 9.81. The van der Waals surface area contributed by atoms with Gasteiger partial charge in [-0.2, -0.15) is 5.26 Å². The van der Waals surface area contributed by atoms with Gasteiger partial charge in [0, 0.05) is 18.4 Å². The highest BCUT2D eigenvalue weighted by molar-refractivity contribution is 6.43. The zero-order valence-corrected chi connectivity index (χ0v) is 17.6. The van der Waals surface area contributed by atoms with E-state index in [1.807, 2.05) is 0 Å². The molecule has 0 aliphatic heterocycles. The van der Waals surface area contributed by atoms with Gasteiger partial charge in [0.2, 0.25) is 0 Å². The molecule has 1 aliphatic carbocycles. The van der Waals surface area contributed by atoms with Crippen molar-refractivity contribution in [2.75, 3.05) is 5.32 Å². The average molecular weight is 422 g/mol. The molecule has 2 amide bonds. The molecule has 2 N–H and O–H groups in total. The Hall–Kier alpha value is -3.73. The zero-order chi connectivity index (χ0) is 22.9. The molecule has 0 saturated heterocycles. The quantitative estimate of drug-likeness (QED) is 0.423. The van der Waals surface area contributed by atoms with Gasteiger partial charge in [-0.05, 0) is 56.9 Å². The third kappa shape index (κ3) is 3.87. The Bertz CT molecular complexity index is 1150. The second-order valence-corrected chi connectivity index (χ2v) is 7.75. The molecule has 0 unspecified atom stereocenters. The number of halogens is 1. The summed E-state index contributed by atoms with van der Waals surface area (Å²) in [5.74, 6) is -2.68. The van der Waals surface area contributed by atoms with E-state index in [-0.39, 0.29) is 22.5 Å². The predicted octanol–water partition coefficient (Wildman–Crippen LogP) is 3.31. The normalized spacial score (nSPS) is 14.2. The lowest BCUT2D eigenvalue weighted by Gasteiger charge is -2.39. The molecule has 1 aliphatic rings. The summed E-state index contributed by atoms with van der Waals surface area (Å²) in [7, 11) is 1.62. The molecule has 3 rings (SSSR count). The first-order valence-electron chi connectivity index (χ1n) is 9.81. The van der Waals surface area contributed by atoms with Crippen LogP contribution in [0.15, 0.2) is 30.9 Å². The Morgan fingerprint density at radius 3 is 2.52 bits per heavy atom. The predicted molar refractivity (Wildman–Crippen MR) is 113 cm³/mol. The molecule has 1 saturated carbocycles. The van der Waals surface area contributed by atoms with Gasteiger partial charge in [-0.25, -0.2) is 4.39 Å². The SMILES string of the molecule is C=CC1(NC(=O)C(=O)c2c(C)c(C(=O)Nc3ccc(F)c(C#N)c3)n(C)c2C)CCC1. The number of nitrogens with zero attached hydrogens (tertiary/aromatic N) is 2. The van der Waals surface area contributed by atoms with E-state index < -0.39 is 29.0 Å². The monoisotopic (exact) mass is 422 g/mol. The van der Waals surface area contributed by atoms with E-state index in [0.29, 0.717) is 11.3 Å². The van der Waals surface area contributed by atoms with Crippen LogP contribution >= 0.6 is 0 Å². The van der Waals surface area contributed by atoms with Gasteiger partial charge in [0.25, 0.3) is 17.6 Å². The number of rotatable bonds is 6. The number of nitrogens with one attached hydrogen (secondary N) is 2. The highest BCUT2D eigenvalue weighted by Gasteiger charge is 2.38. The third-order valence-corrected chi connectivity index (χ3v) is 5.92. The first-order chi connectivity index (χ1) is 14.6. The van der Waals surface area contributed by atoms with Crippen molar-refractivity contribution in [1.82, 2.24) is 9.88 Å². The fraction of sp³-hybridized carbons (Fsp3) is 0.304. The van der Waals surface area contributed by atoms with Crippen LogP contribution in [0.25, 0.3) is 0 Å². The summed E-state index contributed by atoms with van der Waals surface area (Å²) in [6.45, 7) is 7.00. The fourth-order valence-corrected chi connectivity index (χ4v) is 3.85. The lowest BCUT2D eigenvalue weighted by Crippen LogP contribution is -2.53. The molecule has 0 bridgehead atoms. The molecule has 1 fully saturated rings. The molecule has 1 aromatic heterocycles. The molecule has 160 valence electrons. The lowest BCUT2D eigenvalue weighted by molar-refractivity contribution is -0.119. The summed E-state index contributed by atoms with van der Waals surface area (Å²) in [4.78, 5) is 38.4. The summed E-state index contributed by atoms with van der Waals surface area (Å²) in [5, 5.41) is 14.3. The topological polar surface area (TPSA) is 104 Å². The lowest BCUT2D eigenvalue weighted by atomic mass is 9.76. The fourth-order valence-electron chi connectivity index (χ4n) is 3.85. The molecule has 7 nitrogen and oxygen atoms in total. The van der Waals surface area contributed by atoms with Gasteiger partial charge in [0.05, 0.1) is 16.7 Å². The summed E-state index contributed by atoms with van der Waals surface area (Å²) < 4.78 is 15.1. The van der Waals surface area contributed by atoms with E-state index in [4.69, 9.17) is 5.26 Å². The number of carbonyl (C=O) groups is 3.